The van der Waals surface area contributed by atoms with E-state index in [4.69, 9.17) is 5.53 Å². The van der Waals surface area contributed by atoms with E-state index in [0.29, 0.717) is 5.69 Å². The predicted octanol–water partition coefficient (Wildman–Crippen LogP) is 2.28. The molecule has 0 heterocycles. The van der Waals surface area contributed by atoms with E-state index in [2.05, 4.69) is 9.51 Å². The normalized spacial score (nSPS) is 14.5. The van der Waals surface area contributed by atoms with Gasteiger partial charge < -0.3 is 5.53 Å². The maximum Gasteiger partial charge on any atom is 0.317 e. The molecular formula is C16H11N3O3S. The maximum absolute atomic E-state index is 12.4. The molecule has 0 saturated carbocycles. The molecule has 0 unspecified atom stereocenters. The van der Waals surface area contributed by atoms with E-state index >= 15 is 0 Å². The standard InChI is InChI=1S/C16H11N3O3S/c17-18-13-7-8-15(20)16(10-13)23(21,22)19-14-6-5-11-3-1-2-4-12(11)9-14/h1-10,19H. The van der Waals surface area contributed by atoms with Gasteiger partial charge in [0.2, 0.25) is 0 Å². The zero-order valence-electron chi connectivity index (χ0n) is 11.8. The number of nitrogens with zero attached hydrogens (tertiary/aromatic N) is 2. The Morgan fingerprint density at radius 1 is 1.00 bits per heavy atom. The Balaban J connectivity index is 1.98. The highest BCUT2D eigenvalue weighted by atomic mass is 32.2. The molecule has 0 bridgehead atoms. The van der Waals surface area contributed by atoms with Gasteiger partial charge in [-0.15, -0.1) is 0 Å². The molecule has 0 atom stereocenters. The second-order valence-corrected chi connectivity index (χ2v) is 6.55. The molecule has 0 amide bonds. The molecule has 0 aromatic heterocycles. The fraction of sp³-hybridized carbons (Fsp3) is 0. The van der Waals surface area contributed by atoms with Crippen LogP contribution < -0.4 is 4.72 Å². The largest absolute Gasteiger partial charge is 0.361 e. The van der Waals surface area contributed by atoms with E-state index in [0.717, 1.165) is 22.9 Å². The predicted molar refractivity (Wildman–Crippen MR) is 87.3 cm³/mol. The lowest BCUT2D eigenvalue weighted by Gasteiger charge is -2.11. The number of ketones is 1. The summed E-state index contributed by atoms with van der Waals surface area (Å²) < 4.78 is 27.2. The number of sulfonamides is 1. The van der Waals surface area contributed by atoms with Gasteiger partial charge in [-0.2, -0.15) is 4.79 Å². The van der Waals surface area contributed by atoms with Crippen molar-refractivity contribution in [3.63, 3.8) is 0 Å². The number of carbonyl (C=O) groups is 1. The van der Waals surface area contributed by atoms with Crippen molar-refractivity contribution < 1.29 is 18.0 Å². The molecule has 1 aliphatic carbocycles. The van der Waals surface area contributed by atoms with Gasteiger partial charge in [0.05, 0.1) is 6.08 Å². The van der Waals surface area contributed by atoms with E-state index in [9.17, 15) is 13.2 Å². The summed E-state index contributed by atoms with van der Waals surface area (Å²) in [6.07, 6.45) is 3.30. The van der Waals surface area contributed by atoms with E-state index < -0.39 is 20.7 Å². The third kappa shape index (κ3) is 2.96. The van der Waals surface area contributed by atoms with Gasteiger partial charge in [-0.25, -0.2) is 8.42 Å². The number of anilines is 1. The highest BCUT2D eigenvalue weighted by Crippen LogP contribution is 2.22. The Kier molecular flexibility index (Phi) is 3.65. The van der Waals surface area contributed by atoms with Gasteiger partial charge in [0, 0.05) is 11.8 Å². The molecule has 2 aromatic carbocycles. The van der Waals surface area contributed by atoms with Gasteiger partial charge in [-0.05, 0) is 29.0 Å². The number of nitrogens with one attached hydrogen (secondary N) is 1. The average Bonchev–Trinajstić information content (AvgIpc) is 2.54. The zero-order valence-corrected chi connectivity index (χ0v) is 12.6. The summed E-state index contributed by atoms with van der Waals surface area (Å²) in [7, 11) is -4.08. The summed E-state index contributed by atoms with van der Waals surface area (Å²) in [6, 6.07) is 12.6. The summed E-state index contributed by atoms with van der Waals surface area (Å²) in [5.41, 5.74) is 9.07. The minimum atomic E-state index is -4.08. The lowest BCUT2D eigenvalue weighted by atomic mass is 10.1. The average molecular weight is 325 g/mol. The van der Waals surface area contributed by atoms with Crippen LogP contribution in [0, 0.1) is 0 Å². The third-order valence-corrected chi connectivity index (χ3v) is 4.74. The number of hydrogen-bond donors (Lipinski definition) is 1. The van der Waals surface area contributed by atoms with Crippen LogP contribution in [-0.4, -0.2) is 24.7 Å². The van der Waals surface area contributed by atoms with Crippen molar-refractivity contribution in [1.82, 2.24) is 0 Å². The molecule has 2 aromatic rings. The third-order valence-electron chi connectivity index (χ3n) is 3.33. The molecule has 3 rings (SSSR count). The molecule has 114 valence electrons. The molecule has 0 spiro atoms. The topological polar surface area (TPSA) is 99.6 Å². The van der Waals surface area contributed by atoms with Crippen LogP contribution in [0.4, 0.5) is 5.69 Å². The number of fused-ring (bicyclic) bond motifs is 1. The Morgan fingerprint density at radius 2 is 1.74 bits per heavy atom. The minimum absolute atomic E-state index is 0.0107. The van der Waals surface area contributed by atoms with Crippen molar-refractivity contribution >= 4 is 38.0 Å². The minimum Gasteiger partial charge on any atom is -0.361 e. The van der Waals surface area contributed by atoms with Gasteiger partial charge >= 0.3 is 5.71 Å². The molecule has 6 nitrogen and oxygen atoms in total. The Morgan fingerprint density at radius 3 is 2.48 bits per heavy atom. The summed E-state index contributed by atoms with van der Waals surface area (Å²) >= 11 is 0. The SMILES string of the molecule is [N-]=[N+]=C1C=CC(=O)C(S(=O)(=O)Nc2ccc3ccccc3c2)=C1. The van der Waals surface area contributed by atoms with Crippen LogP contribution in [0.15, 0.2) is 65.6 Å². The van der Waals surface area contributed by atoms with E-state index in [1.54, 1.807) is 18.2 Å². The number of hydrogen-bond acceptors (Lipinski definition) is 3. The molecule has 0 radical (unpaired) electrons. The number of carbonyl (C=O) groups excluding carboxylic acids is 1. The Bertz CT molecular complexity index is 1030. The highest BCUT2D eigenvalue weighted by Gasteiger charge is 2.28. The first kappa shape index (κ1) is 14.9. The van der Waals surface area contributed by atoms with Gasteiger partial charge in [-0.3, -0.25) is 9.52 Å². The van der Waals surface area contributed by atoms with Crippen LogP contribution in [0.2, 0.25) is 0 Å². The van der Waals surface area contributed by atoms with Crippen LogP contribution in [0.1, 0.15) is 0 Å². The van der Waals surface area contributed by atoms with Crippen LogP contribution in [0.25, 0.3) is 16.3 Å². The number of rotatable bonds is 3. The summed E-state index contributed by atoms with van der Waals surface area (Å²) in [5, 5.41) is 1.84. The molecular weight excluding hydrogens is 314 g/mol. The molecule has 1 aliphatic rings. The molecule has 23 heavy (non-hydrogen) atoms. The lowest BCUT2D eigenvalue weighted by Crippen LogP contribution is -2.22. The maximum atomic E-state index is 12.4. The van der Waals surface area contributed by atoms with Gasteiger partial charge in [-0.1, -0.05) is 30.3 Å². The lowest BCUT2D eigenvalue weighted by molar-refractivity contribution is -0.110. The second kappa shape index (κ2) is 5.64. The highest BCUT2D eigenvalue weighted by molar-refractivity contribution is 7.97. The first-order chi connectivity index (χ1) is 11.0. The van der Waals surface area contributed by atoms with Crippen LogP contribution in [-0.2, 0) is 14.8 Å². The van der Waals surface area contributed by atoms with E-state index in [1.165, 1.54) is 6.08 Å². The Labute approximate surface area is 132 Å². The number of allylic oxidation sites excluding steroid dienone is 4. The Hall–Kier alpha value is -3.02. The first-order valence-corrected chi connectivity index (χ1v) is 8.16. The fourth-order valence-corrected chi connectivity index (χ4v) is 3.39. The van der Waals surface area contributed by atoms with Crippen molar-refractivity contribution in [1.29, 1.82) is 0 Å². The molecule has 1 N–H and O–H groups in total. The fourth-order valence-electron chi connectivity index (χ4n) is 2.23. The molecule has 0 aliphatic heterocycles. The summed E-state index contributed by atoms with van der Waals surface area (Å²) in [5.74, 6) is -0.675. The van der Waals surface area contributed by atoms with Crippen LogP contribution in [0.5, 0.6) is 0 Å². The molecule has 7 heteroatoms. The van der Waals surface area contributed by atoms with E-state index in [-0.39, 0.29) is 5.71 Å². The molecule has 0 saturated heterocycles. The second-order valence-electron chi connectivity index (χ2n) is 4.90. The van der Waals surface area contributed by atoms with Gasteiger partial charge in [0.1, 0.15) is 4.91 Å². The van der Waals surface area contributed by atoms with Crippen LogP contribution in [0.3, 0.4) is 0 Å². The number of benzene rings is 2. The zero-order chi connectivity index (χ0) is 16.4. The smallest absolute Gasteiger partial charge is 0.317 e. The van der Waals surface area contributed by atoms with Crippen LogP contribution >= 0.6 is 0 Å². The van der Waals surface area contributed by atoms with Gasteiger partial charge in [0.15, 0.2) is 5.78 Å². The van der Waals surface area contributed by atoms with Crippen molar-refractivity contribution in [2.75, 3.05) is 4.72 Å². The van der Waals surface area contributed by atoms with Gasteiger partial charge in [0.25, 0.3) is 10.0 Å². The van der Waals surface area contributed by atoms with E-state index in [1.807, 2.05) is 24.3 Å². The summed E-state index contributed by atoms with van der Waals surface area (Å²) in [6.45, 7) is 0. The first-order valence-electron chi connectivity index (χ1n) is 6.67. The van der Waals surface area contributed by atoms with Crippen molar-refractivity contribution in [3.8, 4) is 0 Å². The van der Waals surface area contributed by atoms with Crippen molar-refractivity contribution in [2.24, 2.45) is 0 Å². The monoisotopic (exact) mass is 325 g/mol. The summed E-state index contributed by atoms with van der Waals surface area (Å²) in [4.78, 5) is 14.2. The quantitative estimate of drug-likeness (QED) is 0.532. The van der Waals surface area contributed by atoms with Crippen molar-refractivity contribution in [2.45, 2.75) is 0 Å². The molecule has 0 fully saturated rings. The van der Waals surface area contributed by atoms with Crippen molar-refractivity contribution in [3.05, 3.63) is 71.1 Å².